The summed E-state index contributed by atoms with van der Waals surface area (Å²) < 4.78 is 0. The lowest BCUT2D eigenvalue weighted by Crippen LogP contribution is -2.26. The van der Waals surface area contributed by atoms with Gasteiger partial charge in [-0.1, -0.05) is 6.07 Å². The number of aliphatic carboxylic acids is 2. The minimum Gasteiger partial charge on any atom is -0.473 e. The van der Waals surface area contributed by atoms with E-state index < -0.39 is 11.9 Å². The molecule has 0 aliphatic rings. The predicted molar refractivity (Wildman–Crippen MR) is 69.8 cm³/mol. The minimum absolute atomic E-state index is 0.904. The average molecular weight is 269 g/mol. The number of aromatic nitrogens is 1. The first kappa shape index (κ1) is 17.0. The van der Waals surface area contributed by atoms with Crippen LogP contribution in [0.1, 0.15) is 5.56 Å². The van der Waals surface area contributed by atoms with Crippen LogP contribution in [-0.4, -0.2) is 59.2 Å². The third kappa shape index (κ3) is 10.9. The maximum atomic E-state index is 9.10. The Bertz CT molecular complexity index is 370. The molecule has 0 fully saturated rings. The molecule has 7 nitrogen and oxygen atoms in total. The van der Waals surface area contributed by atoms with Crippen LogP contribution in [-0.2, 0) is 16.1 Å². The van der Waals surface area contributed by atoms with Gasteiger partial charge in [0.15, 0.2) is 0 Å². The van der Waals surface area contributed by atoms with Gasteiger partial charge in [0.25, 0.3) is 0 Å². The van der Waals surface area contributed by atoms with Crippen LogP contribution < -0.4 is 5.32 Å². The summed E-state index contributed by atoms with van der Waals surface area (Å²) in [5.41, 5.74) is 1.24. The highest BCUT2D eigenvalue weighted by Crippen LogP contribution is 1.93. The highest BCUT2D eigenvalue weighted by atomic mass is 16.4. The summed E-state index contributed by atoms with van der Waals surface area (Å²) >= 11 is 0. The molecule has 7 heteroatoms. The van der Waals surface area contributed by atoms with Crippen LogP contribution in [0.25, 0.3) is 0 Å². The molecule has 0 aliphatic carbocycles. The van der Waals surface area contributed by atoms with Crippen molar-refractivity contribution in [2.75, 3.05) is 27.2 Å². The number of nitrogens with zero attached hydrogens (tertiary/aromatic N) is 2. The number of pyridine rings is 1. The van der Waals surface area contributed by atoms with Crippen LogP contribution >= 0.6 is 0 Å². The van der Waals surface area contributed by atoms with Gasteiger partial charge in [0.05, 0.1) is 0 Å². The molecule has 0 atom stereocenters. The number of carboxylic acid groups (broad SMARTS) is 2. The molecule has 0 unspecified atom stereocenters. The first-order valence-electron chi connectivity index (χ1n) is 5.64. The highest BCUT2D eigenvalue weighted by molar-refractivity contribution is 6.27. The summed E-state index contributed by atoms with van der Waals surface area (Å²) in [7, 11) is 4.15. The molecule has 0 aromatic carbocycles. The fourth-order valence-electron chi connectivity index (χ4n) is 1.04. The Hall–Kier alpha value is -1.99. The summed E-state index contributed by atoms with van der Waals surface area (Å²) in [6.45, 7) is 2.99. The van der Waals surface area contributed by atoms with Crippen LogP contribution in [0.5, 0.6) is 0 Å². The van der Waals surface area contributed by atoms with E-state index in [2.05, 4.69) is 35.4 Å². The second-order valence-electron chi connectivity index (χ2n) is 3.95. The summed E-state index contributed by atoms with van der Waals surface area (Å²) in [6, 6.07) is 4.04. The summed E-state index contributed by atoms with van der Waals surface area (Å²) in [6.07, 6.45) is 3.69. The molecule has 19 heavy (non-hydrogen) atoms. The van der Waals surface area contributed by atoms with Gasteiger partial charge in [-0.2, -0.15) is 0 Å². The topological polar surface area (TPSA) is 103 Å². The van der Waals surface area contributed by atoms with Crippen LogP contribution in [0.2, 0.25) is 0 Å². The van der Waals surface area contributed by atoms with E-state index in [0.29, 0.717) is 0 Å². The van der Waals surface area contributed by atoms with Crippen LogP contribution in [0.4, 0.5) is 0 Å². The van der Waals surface area contributed by atoms with Crippen molar-refractivity contribution in [2.24, 2.45) is 0 Å². The molecular weight excluding hydrogens is 250 g/mol. The maximum Gasteiger partial charge on any atom is 0.414 e. The molecular formula is C12H19N3O4. The van der Waals surface area contributed by atoms with Crippen molar-refractivity contribution in [3.63, 3.8) is 0 Å². The number of carboxylic acids is 2. The van der Waals surface area contributed by atoms with Crippen LogP contribution in [0.15, 0.2) is 24.5 Å². The van der Waals surface area contributed by atoms with Crippen molar-refractivity contribution in [3.8, 4) is 0 Å². The lowest BCUT2D eigenvalue weighted by Gasteiger charge is -2.09. The van der Waals surface area contributed by atoms with E-state index in [1.165, 1.54) is 5.56 Å². The fraction of sp³-hybridized carbons (Fsp3) is 0.417. The molecule has 1 aromatic rings. The Morgan fingerprint density at radius 3 is 2.37 bits per heavy atom. The summed E-state index contributed by atoms with van der Waals surface area (Å²) in [5, 5.41) is 18.1. The van der Waals surface area contributed by atoms with Gasteiger partial charge in [-0.3, -0.25) is 4.98 Å². The molecule has 0 saturated heterocycles. The summed E-state index contributed by atoms with van der Waals surface area (Å²) in [5.74, 6) is -3.65. The third-order valence-corrected chi connectivity index (χ3v) is 1.97. The maximum absolute atomic E-state index is 9.10. The number of carbonyl (C=O) groups is 2. The van der Waals surface area contributed by atoms with Crippen molar-refractivity contribution in [2.45, 2.75) is 6.54 Å². The molecule has 0 spiro atoms. The number of hydrogen-bond donors (Lipinski definition) is 3. The summed E-state index contributed by atoms with van der Waals surface area (Å²) in [4.78, 5) is 24.4. The van der Waals surface area contributed by atoms with E-state index in [9.17, 15) is 0 Å². The molecule has 1 aromatic heterocycles. The van der Waals surface area contributed by atoms with Crippen molar-refractivity contribution >= 4 is 11.9 Å². The van der Waals surface area contributed by atoms with Gasteiger partial charge in [-0.25, -0.2) is 9.59 Å². The molecule has 1 heterocycles. The number of nitrogens with one attached hydrogen (secondary N) is 1. The Balaban J connectivity index is 0.000000459. The first-order chi connectivity index (χ1) is 8.93. The van der Waals surface area contributed by atoms with Crippen molar-refractivity contribution in [1.82, 2.24) is 15.2 Å². The van der Waals surface area contributed by atoms with Crippen LogP contribution in [0.3, 0.4) is 0 Å². The smallest absolute Gasteiger partial charge is 0.414 e. The minimum atomic E-state index is -1.82. The molecule has 3 N–H and O–H groups in total. The predicted octanol–water partition coefficient (Wildman–Crippen LogP) is -0.112. The highest BCUT2D eigenvalue weighted by Gasteiger charge is 2.04. The second kappa shape index (κ2) is 9.98. The molecule has 0 saturated carbocycles. The number of likely N-dealkylation sites (N-methyl/N-ethyl adjacent to an activating group) is 1. The molecule has 0 aliphatic heterocycles. The second-order valence-corrected chi connectivity index (χ2v) is 3.95. The largest absolute Gasteiger partial charge is 0.473 e. The van der Waals surface area contributed by atoms with E-state index in [-0.39, 0.29) is 0 Å². The first-order valence-corrected chi connectivity index (χ1v) is 5.64. The Labute approximate surface area is 111 Å². The lowest BCUT2D eigenvalue weighted by molar-refractivity contribution is -0.159. The van der Waals surface area contributed by atoms with E-state index in [0.717, 1.165) is 19.6 Å². The number of hydrogen-bond acceptors (Lipinski definition) is 5. The van der Waals surface area contributed by atoms with Gasteiger partial charge in [0.1, 0.15) is 0 Å². The van der Waals surface area contributed by atoms with Gasteiger partial charge < -0.3 is 20.4 Å². The van der Waals surface area contributed by atoms with Gasteiger partial charge in [0.2, 0.25) is 0 Å². The van der Waals surface area contributed by atoms with Crippen LogP contribution in [0, 0.1) is 0 Å². The fourth-order valence-corrected chi connectivity index (χ4v) is 1.04. The average Bonchev–Trinajstić information content (AvgIpc) is 2.36. The standard InChI is InChI=1S/C10H17N3.C2H2O4/c1-13(2)7-6-12-9-10-4-3-5-11-8-10;3-1(4)2(5)6/h3-5,8,12H,6-7,9H2,1-2H3;(H,3,4)(H,5,6). The zero-order valence-electron chi connectivity index (χ0n) is 11.0. The lowest BCUT2D eigenvalue weighted by atomic mass is 10.3. The SMILES string of the molecule is CN(C)CCNCc1cccnc1.O=C(O)C(=O)O. The molecule has 0 amide bonds. The van der Waals surface area contributed by atoms with Gasteiger partial charge in [-0.05, 0) is 25.7 Å². The monoisotopic (exact) mass is 269 g/mol. The van der Waals surface area contributed by atoms with Gasteiger partial charge >= 0.3 is 11.9 Å². The molecule has 1 rings (SSSR count). The Morgan fingerprint density at radius 2 is 1.95 bits per heavy atom. The quantitative estimate of drug-likeness (QED) is 0.506. The van der Waals surface area contributed by atoms with Gasteiger partial charge in [0, 0.05) is 32.0 Å². The molecule has 0 radical (unpaired) electrons. The van der Waals surface area contributed by atoms with Crippen molar-refractivity contribution < 1.29 is 19.8 Å². The molecule has 106 valence electrons. The Morgan fingerprint density at radius 1 is 1.32 bits per heavy atom. The zero-order valence-corrected chi connectivity index (χ0v) is 11.0. The number of rotatable bonds is 5. The van der Waals surface area contributed by atoms with E-state index >= 15 is 0 Å². The van der Waals surface area contributed by atoms with Crippen molar-refractivity contribution in [1.29, 1.82) is 0 Å². The van der Waals surface area contributed by atoms with E-state index in [1.807, 2.05) is 12.3 Å². The zero-order chi connectivity index (χ0) is 14.7. The third-order valence-electron chi connectivity index (χ3n) is 1.97. The normalized spacial score (nSPS) is 9.63. The van der Waals surface area contributed by atoms with E-state index in [4.69, 9.17) is 19.8 Å². The molecule has 0 bridgehead atoms. The van der Waals surface area contributed by atoms with Gasteiger partial charge in [-0.15, -0.1) is 0 Å². The van der Waals surface area contributed by atoms with E-state index in [1.54, 1.807) is 6.20 Å². The Kier molecular flexibility index (Phi) is 8.94. The van der Waals surface area contributed by atoms with Crippen molar-refractivity contribution in [3.05, 3.63) is 30.1 Å².